The molecule has 1 unspecified atom stereocenters. The first-order valence-electron chi connectivity index (χ1n) is 8.69. The Morgan fingerprint density at radius 1 is 1.41 bits per heavy atom. The van der Waals surface area contributed by atoms with Crippen LogP contribution in [0.2, 0.25) is 0 Å². The first-order chi connectivity index (χ1) is 12.9. The molecule has 4 amide bonds. The fourth-order valence-corrected chi connectivity index (χ4v) is 3.64. The number of aromatic nitrogens is 2. The smallest absolute Gasteiger partial charge is 0.325 e. The van der Waals surface area contributed by atoms with Gasteiger partial charge >= 0.3 is 6.03 Å². The van der Waals surface area contributed by atoms with Crippen LogP contribution in [0.3, 0.4) is 0 Å². The second-order valence-electron chi connectivity index (χ2n) is 6.69. The summed E-state index contributed by atoms with van der Waals surface area (Å²) in [5, 5.41) is 14.6. The number of anilines is 1. The van der Waals surface area contributed by atoms with Gasteiger partial charge in [0, 0.05) is 12.8 Å². The molecule has 1 aliphatic rings. The van der Waals surface area contributed by atoms with E-state index in [4.69, 9.17) is 4.42 Å². The van der Waals surface area contributed by atoms with Crippen LogP contribution in [0.25, 0.3) is 0 Å². The lowest BCUT2D eigenvalue weighted by Gasteiger charge is -2.11. The van der Waals surface area contributed by atoms with Crippen LogP contribution in [0.1, 0.15) is 37.5 Å². The summed E-state index contributed by atoms with van der Waals surface area (Å²) in [6.07, 6.45) is 2.59. The maximum absolute atomic E-state index is 12.4. The van der Waals surface area contributed by atoms with Gasteiger partial charge in [-0.1, -0.05) is 25.2 Å². The number of furan rings is 1. The molecule has 1 atom stereocenters. The van der Waals surface area contributed by atoms with Crippen molar-refractivity contribution in [3.8, 4) is 0 Å². The lowest BCUT2D eigenvalue weighted by molar-refractivity contribution is -0.128. The summed E-state index contributed by atoms with van der Waals surface area (Å²) in [6, 6.07) is 2.18. The molecule has 2 N–H and O–H groups in total. The zero-order valence-electron chi connectivity index (χ0n) is 15.1. The molecular weight excluding hydrogens is 370 g/mol. The third-order valence-corrected chi connectivity index (χ3v) is 4.82. The quantitative estimate of drug-likeness (QED) is 0.666. The molecule has 1 fully saturated rings. The Morgan fingerprint density at radius 3 is 2.93 bits per heavy atom. The van der Waals surface area contributed by atoms with Crippen molar-refractivity contribution in [3.63, 3.8) is 0 Å². The van der Waals surface area contributed by atoms with E-state index in [9.17, 15) is 14.4 Å². The molecule has 9 nitrogen and oxygen atoms in total. The van der Waals surface area contributed by atoms with Gasteiger partial charge in [-0.15, -0.1) is 10.2 Å². The van der Waals surface area contributed by atoms with Crippen LogP contribution in [-0.2, 0) is 22.6 Å². The third-order valence-electron chi connectivity index (χ3n) is 3.96. The maximum Gasteiger partial charge on any atom is 0.325 e. The van der Waals surface area contributed by atoms with E-state index in [-0.39, 0.29) is 31.2 Å². The number of hydrogen-bond acceptors (Lipinski definition) is 7. The highest BCUT2D eigenvalue weighted by atomic mass is 32.1. The van der Waals surface area contributed by atoms with Gasteiger partial charge in [0.15, 0.2) is 0 Å². The summed E-state index contributed by atoms with van der Waals surface area (Å²) in [7, 11) is 0. The van der Waals surface area contributed by atoms with Gasteiger partial charge < -0.3 is 15.1 Å². The molecule has 144 valence electrons. The molecular formula is C17H21N5O4S. The van der Waals surface area contributed by atoms with Crippen LogP contribution in [0.5, 0.6) is 0 Å². The fraction of sp³-hybridized carbons (Fsp3) is 0.471. The first-order valence-corrected chi connectivity index (χ1v) is 9.50. The number of amides is 4. The van der Waals surface area contributed by atoms with Crippen LogP contribution >= 0.6 is 11.3 Å². The van der Waals surface area contributed by atoms with Gasteiger partial charge in [0.25, 0.3) is 5.91 Å². The van der Waals surface area contributed by atoms with E-state index in [2.05, 4.69) is 34.7 Å². The number of imide groups is 1. The molecule has 1 saturated heterocycles. The Bertz CT molecular complexity index is 817. The van der Waals surface area contributed by atoms with Crippen LogP contribution in [-0.4, -0.2) is 39.0 Å². The van der Waals surface area contributed by atoms with E-state index in [1.54, 1.807) is 12.1 Å². The predicted octanol–water partition coefficient (Wildman–Crippen LogP) is 2.17. The zero-order chi connectivity index (χ0) is 19.4. The second kappa shape index (κ2) is 8.30. The van der Waals surface area contributed by atoms with Gasteiger partial charge in [-0.05, 0) is 24.5 Å². The molecule has 3 rings (SSSR count). The summed E-state index contributed by atoms with van der Waals surface area (Å²) in [6.45, 7) is 4.24. The molecule has 3 heterocycles. The molecule has 2 aromatic heterocycles. The Balaban J connectivity index is 1.48. The van der Waals surface area contributed by atoms with Crippen molar-refractivity contribution in [1.29, 1.82) is 0 Å². The number of hydrogen-bond donors (Lipinski definition) is 2. The van der Waals surface area contributed by atoms with Crippen molar-refractivity contribution in [1.82, 2.24) is 20.4 Å². The van der Waals surface area contributed by atoms with Gasteiger partial charge in [-0.3, -0.25) is 14.5 Å². The average molecular weight is 391 g/mol. The topological polar surface area (TPSA) is 117 Å². The molecule has 27 heavy (non-hydrogen) atoms. The SMILES string of the molecule is CC(C)Cc1nnc(NC(=O)CCC2NC(=O)N(Cc3ccco3)C2=O)s1. The Hall–Kier alpha value is -2.75. The van der Waals surface area contributed by atoms with Gasteiger partial charge in [-0.25, -0.2) is 4.79 Å². The first kappa shape index (κ1) is 19.0. The molecule has 0 aliphatic carbocycles. The van der Waals surface area contributed by atoms with E-state index < -0.39 is 12.1 Å². The van der Waals surface area contributed by atoms with E-state index in [0.29, 0.717) is 16.8 Å². The minimum atomic E-state index is -0.718. The standard InChI is InChI=1S/C17H21N5O4S/c1-10(2)8-14-20-21-16(27-14)19-13(23)6-5-12-15(24)22(17(25)18-12)9-11-4-3-7-26-11/h3-4,7,10,12H,5-6,8-9H2,1-2H3,(H,18,25)(H,19,21,23). The van der Waals surface area contributed by atoms with Gasteiger partial charge in [0.05, 0.1) is 12.8 Å². The Kier molecular flexibility index (Phi) is 5.84. The van der Waals surface area contributed by atoms with Crippen molar-refractivity contribution in [3.05, 3.63) is 29.2 Å². The Morgan fingerprint density at radius 2 is 2.22 bits per heavy atom. The summed E-state index contributed by atoms with van der Waals surface area (Å²) in [4.78, 5) is 37.5. The number of urea groups is 1. The van der Waals surface area contributed by atoms with E-state index in [1.165, 1.54) is 17.6 Å². The van der Waals surface area contributed by atoms with Crippen LogP contribution in [0.4, 0.5) is 9.93 Å². The molecule has 10 heteroatoms. The zero-order valence-corrected chi connectivity index (χ0v) is 15.9. The second-order valence-corrected chi connectivity index (χ2v) is 7.75. The monoisotopic (exact) mass is 391 g/mol. The van der Waals surface area contributed by atoms with E-state index in [0.717, 1.165) is 16.3 Å². The number of rotatable bonds is 8. The van der Waals surface area contributed by atoms with Gasteiger partial charge in [-0.2, -0.15) is 0 Å². The lowest BCUT2D eigenvalue weighted by Crippen LogP contribution is -2.31. The summed E-state index contributed by atoms with van der Waals surface area (Å²) in [5.74, 6) is 0.348. The highest BCUT2D eigenvalue weighted by Gasteiger charge is 2.38. The van der Waals surface area contributed by atoms with E-state index in [1.807, 2.05) is 0 Å². The average Bonchev–Trinajstić information content (AvgIpc) is 3.31. The lowest BCUT2D eigenvalue weighted by atomic mass is 10.1. The summed E-state index contributed by atoms with van der Waals surface area (Å²) in [5.41, 5.74) is 0. The molecule has 1 aliphatic heterocycles. The molecule has 0 bridgehead atoms. The largest absolute Gasteiger partial charge is 0.467 e. The number of nitrogens with one attached hydrogen (secondary N) is 2. The predicted molar refractivity (Wildman–Crippen MR) is 97.9 cm³/mol. The fourth-order valence-electron chi connectivity index (χ4n) is 2.67. The normalized spacial score (nSPS) is 16.9. The highest BCUT2D eigenvalue weighted by Crippen LogP contribution is 2.19. The van der Waals surface area contributed by atoms with E-state index >= 15 is 0 Å². The minimum Gasteiger partial charge on any atom is -0.467 e. The molecule has 0 spiro atoms. The number of carbonyl (C=O) groups is 3. The van der Waals surface area contributed by atoms with Crippen molar-refractivity contribution in [2.75, 3.05) is 5.32 Å². The van der Waals surface area contributed by atoms with Crippen molar-refractivity contribution in [2.24, 2.45) is 5.92 Å². The van der Waals surface area contributed by atoms with Gasteiger partial charge in [0.2, 0.25) is 11.0 Å². The van der Waals surface area contributed by atoms with Crippen molar-refractivity contribution < 1.29 is 18.8 Å². The Labute approximate surface area is 160 Å². The van der Waals surface area contributed by atoms with Crippen LogP contribution in [0, 0.1) is 5.92 Å². The minimum absolute atomic E-state index is 0.0732. The third kappa shape index (κ3) is 4.91. The summed E-state index contributed by atoms with van der Waals surface area (Å²) >= 11 is 1.34. The van der Waals surface area contributed by atoms with Crippen molar-refractivity contribution in [2.45, 2.75) is 45.7 Å². The number of carbonyl (C=O) groups excluding carboxylic acids is 3. The van der Waals surface area contributed by atoms with Crippen molar-refractivity contribution >= 4 is 34.3 Å². The van der Waals surface area contributed by atoms with Gasteiger partial charge in [0.1, 0.15) is 16.8 Å². The maximum atomic E-state index is 12.4. The highest BCUT2D eigenvalue weighted by molar-refractivity contribution is 7.15. The molecule has 0 radical (unpaired) electrons. The molecule has 0 saturated carbocycles. The van der Waals surface area contributed by atoms with Crippen LogP contribution in [0.15, 0.2) is 22.8 Å². The molecule has 0 aromatic carbocycles. The molecule has 2 aromatic rings. The van der Waals surface area contributed by atoms with Crippen LogP contribution < -0.4 is 10.6 Å². The number of nitrogens with zero attached hydrogens (tertiary/aromatic N) is 3. The summed E-state index contributed by atoms with van der Waals surface area (Å²) < 4.78 is 5.17.